The molecule has 0 bridgehead atoms. The zero-order valence-electron chi connectivity index (χ0n) is 16.8. The van der Waals surface area contributed by atoms with Gasteiger partial charge in [0.15, 0.2) is 0 Å². The van der Waals surface area contributed by atoms with Crippen LogP contribution in [0, 0.1) is 0 Å². The van der Waals surface area contributed by atoms with Gasteiger partial charge < -0.3 is 11.1 Å². The van der Waals surface area contributed by atoms with Crippen LogP contribution in [0.25, 0.3) is 0 Å². The number of hydrogen-bond donors (Lipinski definition) is 3. The van der Waals surface area contributed by atoms with Gasteiger partial charge in [-0.1, -0.05) is 24.3 Å². The first-order valence-corrected chi connectivity index (χ1v) is 11.1. The van der Waals surface area contributed by atoms with Crippen LogP contribution in [-0.4, -0.2) is 43.5 Å². The van der Waals surface area contributed by atoms with Crippen molar-refractivity contribution in [3.63, 3.8) is 0 Å². The molecule has 0 saturated carbocycles. The Kier molecular flexibility index (Phi) is 5.65. The molecule has 4 rings (SSSR count). The lowest BCUT2D eigenvalue weighted by Gasteiger charge is -2.18. The topological polar surface area (TPSA) is 138 Å². The second-order valence-corrected chi connectivity index (χ2v) is 8.64. The molecule has 11 heteroatoms. The Bertz CT molecular complexity index is 1250. The van der Waals surface area contributed by atoms with Gasteiger partial charge in [0.2, 0.25) is 0 Å². The van der Waals surface area contributed by atoms with Crippen molar-refractivity contribution in [3.05, 3.63) is 72.9 Å². The van der Waals surface area contributed by atoms with Crippen molar-refractivity contribution in [2.24, 2.45) is 0 Å². The molecule has 0 unspecified atom stereocenters. The molecule has 1 saturated heterocycles. The molecule has 3 aromatic rings. The van der Waals surface area contributed by atoms with Crippen molar-refractivity contribution in [2.75, 3.05) is 33.8 Å². The summed E-state index contributed by atoms with van der Waals surface area (Å²) in [6.07, 6.45) is 1.30. The average molecular weight is 452 g/mol. The highest BCUT2D eigenvalue weighted by Crippen LogP contribution is 2.22. The Morgan fingerprint density at radius 1 is 0.969 bits per heavy atom. The number of pyridine rings is 1. The maximum atomic E-state index is 12.7. The van der Waals surface area contributed by atoms with Crippen LogP contribution in [-0.2, 0) is 10.0 Å². The summed E-state index contributed by atoms with van der Waals surface area (Å²) in [4.78, 5) is 31.7. The molecule has 1 aliphatic heterocycles. The lowest BCUT2D eigenvalue weighted by atomic mass is 10.3. The number of hydrogen-bond acceptors (Lipinski definition) is 6. The van der Waals surface area contributed by atoms with E-state index in [2.05, 4.69) is 15.0 Å². The minimum absolute atomic E-state index is 0.0641. The van der Waals surface area contributed by atoms with Gasteiger partial charge >= 0.3 is 12.1 Å². The number of imide groups is 1. The van der Waals surface area contributed by atoms with Crippen LogP contribution in [0.15, 0.2) is 77.8 Å². The second kappa shape index (κ2) is 8.55. The maximum absolute atomic E-state index is 12.7. The molecule has 1 aliphatic rings. The van der Waals surface area contributed by atoms with Gasteiger partial charge in [0.05, 0.1) is 23.3 Å². The molecule has 32 heavy (non-hydrogen) atoms. The third-order valence-electron chi connectivity index (χ3n) is 4.76. The molecule has 164 valence electrons. The number of nitrogens with one attached hydrogen (secondary N) is 2. The number of nitrogens with zero attached hydrogens (tertiary/aromatic N) is 3. The molecule has 0 spiro atoms. The number of para-hydroxylation sites is 1. The summed E-state index contributed by atoms with van der Waals surface area (Å²) in [5.41, 5.74) is 6.69. The van der Waals surface area contributed by atoms with Crippen LogP contribution < -0.4 is 20.7 Å². The van der Waals surface area contributed by atoms with Gasteiger partial charge in [-0.15, -0.1) is 0 Å². The smallest absolute Gasteiger partial charge is 0.332 e. The van der Waals surface area contributed by atoms with Crippen LogP contribution in [0.1, 0.15) is 0 Å². The van der Waals surface area contributed by atoms with Gasteiger partial charge in [-0.25, -0.2) is 27.9 Å². The number of amides is 4. The summed E-state index contributed by atoms with van der Waals surface area (Å²) in [5.74, 6) is 0.264. The molecule has 1 aromatic heterocycles. The van der Waals surface area contributed by atoms with Gasteiger partial charge in [0.25, 0.3) is 10.0 Å². The fourth-order valence-electron chi connectivity index (χ4n) is 3.18. The Morgan fingerprint density at radius 2 is 1.75 bits per heavy atom. The van der Waals surface area contributed by atoms with E-state index in [0.717, 1.165) is 4.90 Å². The van der Waals surface area contributed by atoms with E-state index in [1.54, 1.807) is 12.1 Å². The van der Waals surface area contributed by atoms with E-state index in [-0.39, 0.29) is 28.6 Å². The number of nitrogen functional groups attached to an aromatic ring is 1. The zero-order valence-corrected chi connectivity index (χ0v) is 17.6. The Balaban J connectivity index is 1.46. The Hall–Kier alpha value is -4.12. The van der Waals surface area contributed by atoms with Crippen LogP contribution in [0.5, 0.6) is 0 Å². The molecular weight excluding hydrogens is 432 g/mol. The van der Waals surface area contributed by atoms with Crippen molar-refractivity contribution in [1.29, 1.82) is 0 Å². The number of carbonyl (C=O) groups excluding carboxylic acids is 2. The van der Waals surface area contributed by atoms with Crippen molar-refractivity contribution < 1.29 is 18.0 Å². The predicted molar refractivity (Wildman–Crippen MR) is 121 cm³/mol. The summed E-state index contributed by atoms with van der Waals surface area (Å²) in [7, 11) is -3.93. The van der Waals surface area contributed by atoms with E-state index in [1.165, 1.54) is 47.5 Å². The van der Waals surface area contributed by atoms with Crippen molar-refractivity contribution in [1.82, 2.24) is 9.88 Å². The molecule has 2 heterocycles. The number of nitrogens with two attached hydrogens (primary N) is 1. The number of rotatable bonds is 5. The standard InChI is InChI=1S/C21H20N6O4S/c22-19-10-9-16(14-23-19)25-32(30,31)18-8-4-5-15(13-18)24-20(28)27-12-11-26(21(27)29)17-6-2-1-3-7-17/h1-10,13-14,25H,11-12H2,(H2,22,23)(H,24,28). The highest BCUT2D eigenvalue weighted by Gasteiger charge is 2.34. The SMILES string of the molecule is Nc1ccc(NS(=O)(=O)c2cccc(NC(=O)N3CCN(c4ccccc4)C3=O)c2)cn1. The number of sulfonamides is 1. The molecule has 4 amide bonds. The first kappa shape index (κ1) is 21.1. The highest BCUT2D eigenvalue weighted by atomic mass is 32.2. The number of aromatic nitrogens is 1. The first-order chi connectivity index (χ1) is 15.3. The number of urea groups is 2. The molecule has 0 radical (unpaired) electrons. The van der Waals surface area contributed by atoms with Crippen LogP contribution in [0.3, 0.4) is 0 Å². The quantitative estimate of drug-likeness (QED) is 0.544. The van der Waals surface area contributed by atoms with Gasteiger partial charge in [0.1, 0.15) is 5.82 Å². The Morgan fingerprint density at radius 3 is 2.47 bits per heavy atom. The summed E-state index contributed by atoms with van der Waals surface area (Å²) in [6.45, 7) is 0.577. The van der Waals surface area contributed by atoms with E-state index in [4.69, 9.17) is 5.73 Å². The number of benzene rings is 2. The van der Waals surface area contributed by atoms with E-state index in [1.807, 2.05) is 18.2 Å². The van der Waals surface area contributed by atoms with E-state index < -0.39 is 22.1 Å². The Labute approximate surface area is 184 Å². The van der Waals surface area contributed by atoms with E-state index in [0.29, 0.717) is 12.2 Å². The largest absolute Gasteiger partial charge is 0.384 e. The number of carbonyl (C=O) groups is 2. The zero-order chi connectivity index (χ0) is 22.7. The van der Waals surface area contributed by atoms with Gasteiger partial charge in [-0.2, -0.15) is 0 Å². The maximum Gasteiger partial charge on any atom is 0.332 e. The van der Waals surface area contributed by atoms with E-state index >= 15 is 0 Å². The molecule has 2 aromatic carbocycles. The molecule has 4 N–H and O–H groups in total. The van der Waals surface area contributed by atoms with Gasteiger partial charge in [-0.05, 0) is 42.5 Å². The van der Waals surface area contributed by atoms with Crippen molar-refractivity contribution in [2.45, 2.75) is 4.90 Å². The van der Waals surface area contributed by atoms with Gasteiger partial charge in [-0.3, -0.25) is 9.62 Å². The number of anilines is 4. The van der Waals surface area contributed by atoms with Gasteiger partial charge in [0, 0.05) is 17.9 Å². The molecule has 10 nitrogen and oxygen atoms in total. The highest BCUT2D eigenvalue weighted by molar-refractivity contribution is 7.92. The molecule has 1 fully saturated rings. The van der Waals surface area contributed by atoms with Crippen LogP contribution in [0.2, 0.25) is 0 Å². The molecular formula is C21H20N6O4S. The molecule has 0 aliphatic carbocycles. The fraction of sp³-hybridized carbons (Fsp3) is 0.0952. The van der Waals surface area contributed by atoms with Crippen LogP contribution in [0.4, 0.5) is 32.5 Å². The van der Waals surface area contributed by atoms with Crippen molar-refractivity contribution in [3.8, 4) is 0 Å². The average Bonchev–Trinajstić information content (AvgIpc) is 3.17. The minimum Gasteiger partial charge on any atom is -0.384 e. The van der Waals surface area contributed by atoms with Crippen molar-refractivity contribution >= 4 is 45.0 Å². The first-order valence-electron chi connectivity index (χ1n) is 9.63. The predicted octanol–water partition coefficient (Wildman–Crippen LogP) is 2.94. The monoisotopic (exact) mass is 452 g/mol. The third kappa shape index (κ3) is 4.47. The normalized spacial score (nSPS) is 13.8. The van der Waals surface area contributed by atoms with E-state index in [9.17, 15) is 18.0 Å². The summed E-state index contributed by atoms with van der Waals surface area (Å²) >= 11 is 0. The third-order valence-corrected chi connectivity index (χ3v) is 6.14. The van der Waals surface area contributed by atoms with Crippen LogP contribution >= 0.6 is 0 Å². The second-order valence-electron chi connectivity index (χ2n) is 6.96. The lowest BCUT2D eigenvalue weighted by molar-refractivity contribution is 0.209. The summed E-state index contributed by atoms with van der Waals surface area (Å²) in [6, 6.07) is 16.6. The molecule has 0 atom stereocenters. The summed E-state index contributed by atoms with van der Waals surface area (Å²) in [5, 5.41) is 2.59. The lowest BCUT2D eigenvalue weighted by Crippen LogP contribution is -2.39. The summed E-state index contributed by atoms with van der Waals surface area (Å²) < 4.78 is 27.8. The fourth-order valence-corrected chi connectivity index (χ4v) is 4.27. The minimum atomic E-state index is -3.93.